The lowest BCUT2D eigenvalue weighted by Gasteiger charge is -2.19. The van der Waals surface area contributed by atoms with Crippen molar-refractivity contribution in [3.63, 3.8) is 0 Å². The van der Waals surface area contributed by atoms with Crippen molar-refractivity contribution in [2.24, 2.45) is 0 Å². The molecule has 4 aromatic rings. The Kier molecular flexibility index (Phi) is 3.93. The third kappa shape index (κ3) is 2.90. The van der Waals surface area contributed by atoms with Crippen LogP contribution in [0, 0.1) is 0 Å². The van der Waals surface area contributed by atoms with Gasteiger partial charge in [0, 0.05) is 27.2 Å². The maximum atomic E-state index is 4.79. The van der Waals surface area contributed by atoms with Gasteiger partial charge in [-0.05, 0) is 25.0 Å². The quantitative estimate of drug-likeness (QED) is 0.543. The van der Waals surface area contributed by atoms with Crippen molar-refractivity contribution in [2.75, 3.05) is 37.0 Å². The Balaban J connectivity index is 1.59. The first-order valence-corrected chi connectivity index (χ1v) is 10.0. The third-order valence-corrected chi connectivity index (χ3v) is 5.90. The summed E-state index contributed by atoms with van der Waals surface area (Å²) >= 11 is 1.72. The first-order chi connectivity index (χ1) is 13.2. The smallest absolute Gasteiger partial charge is 0.228 e. The van der Waals surface area contributed by atoms with Gasteiger partial charge in [-0.25, -0.2) is 9.97 Å². The number of rotatable bonds is 4. The molecule has 0 N–H and O–H groups in total. The molecule has 7 nitrogen and oxygen atoms in total. The second-order valence-corrected chi connectivity index (χ2v) is 8.17. The van der Waals surface area contributed by atoms with E-state index in [0.717, 1.165) is 46.5 Å². The Bertz CT molecular complexity index is 1070. The summed E-state index contributed by atoms with van der Waals surface area (Å²) in [5.74, 6) is 1.67. The number of aromatic nitrogens is 5. The van der Waals surface area contributed by atoms with Crippen LogP contribution in [0.1, 0.15) is 17.8 Å². The van der Waals surface area contributed by atoms with Gasteiger partial charge in [-0.15, -0.1) is 11.3 Å². The lowest BCUT2D eigenvalue weighted by molar-refractivity contribution is 0.806. The molecule has 0 amide bonds. The van der Waals surface area contributed by atoms with E-state index in [-0.39, 0.29) is 0 Å². The zero-order valence-electron chi connectivity index (χ0n) is 15.5. The summed E-state index contributed by atoms with van der Waals surface area (Å²) in [5.41, 5.74) is 2.79. The van der Waals surface area contributed by atoms with Crippen molar-refractivity contribution in [3.05, 3.63) is 35.6 Å². The number of nitrogens with zero attached hydrogens (tertiary/aromatic N) is 7. The van der Waals surface area contributed by atoms with E-state index in [2.05, 4.69) is 32.7 Å². The lowest BCUT2D eigenvalue weighted by Crippen LogP contribution is -2.22. The van der Waals surface area contributed by atoms with Crippen LogP contribution in [-0.2, 0) is 6.54 Å². The molecule has 8 heteroatoms. The Morgan fingerprint density at radius 1 is 1.07 bits per heavy atom. The number of fused-ring (bicyclic) bond motifs is 2. The molecule has 0 unspecified atom stereocenters. The summed E-state index contributed by atoms with van der Waals surface area (Å²) in [5, 5.41) is 1.06. The molecule has 0 radical (unpaired) electrons. The molecule has 1 fully saturated rings. The Labute approximate surface area is 161 Å². The average molecular weight is 379 g/mol. The number of hydrogen-bond donors (Lipinski definition) is 0. The van der Waals surface area contributed by atoms with Gasteiger partial charge in [0.25, 0.3) is 0 Å². The molecule has 1 saturated heterocycles. The zero-order valence-corrected chi connectivity index (χ0v) is 16.3. The Morgan fingerprint density at radius 2 is 1.89 bits per heavy atom. The van der Waals surface area contributed by atoms with Crippen molar-refractivity contribution >= 4 is 44.5 Å². The average Bonchev–Trinajstić information content (AvgIpc) is 3.40. The molecular formula is C19H21N7S. The molecule has 0 spiro atoms. The van der Waals surface area contributed by atoms with Gasteiger partial charge < -0.3 is 14.4 Å². The summed E-state index contributed by atoms with van der Waals surface area (Å²) in [6.45, 7) is 2.73. The van der Waals surface area contributed by atoms with Gasteiger partial charge in [0.2, 0.25) is 5.95 Å². The molecule has 27 heavy (non-hydrogen) atoms. The highest BCUT2D eigenvalue weighted by Gasteiger charge is 2.22. The van der Waals surface area contributed by atoms with Gasteiger partial charge in [0.15, 0.2) is 17.0 Å². The van der Waals surface area contributed by atoms with Crippen molar-refractivity contribution in [1.82, 2.24) is 24.5 Å². The van der Waals surface area contributed by atoms with E-state index in [1.54, 1.807) is 11.3 Å². The van der Waals surface area contributed by atoms with E-state index in [1.165, 1.54) is 17.5 Å². The van der Waals surface area contributed by atoms with E-state index >= 15 is 0 Å². The highest BCUT2D eigenvalue weighted by Crippen LogP contribution is 2.29. The van der Waals surface area contributed by atoms with Gasteiger partial charge in [-0.2, -0.15) is 9.97 Å². The van der Waals surface area contributed by atoms with Crippen molar-refractivity contribution in [2.45, 2.75) is 19.4 Å². The van der Waals surface area contributed by atoms with Gasteiger partial charge in [0.05, 0.1) is 23.1 Å². The normalized spacial score (nSPS) is 14.5. The molecule has 0 saturated carbocycles. The predicted octanol–water partition coefficient (Wildman–Crippen LogP) is 3.15. The van der Waals surface area contributed by atoms with E-state index in [0.29, 0.717) is 6.54 Å². The molecule has 1 aromatic carbocycles. The number of imidazole rings is 1. The fourth-order valence-corrected chi connectivity index (χ4v) is 4.48. The summed E-state index contributed by atoms with van der Waals surface area (Å²) in [7, 11) is 3.95. The van der Waals surface area contributed by atoms with Gasteiger partial charge in [0.1, 0.15) is 5.01 Å². The van der Waals surface area contributed by atoms with Crippen molar-refractivity contribution < 1.29 is 0 Å². The predicted molar refractivity (Wildman–Crippen MR) is 110 cm³/mol. The van der Waals surface area contributed by atoms with Gasteiger partial charge >= 0.3 is 0 Å². The molecule has 1 aliphatic rings. The summed E-state index contributed by atoms with van der Waals surface area (Å²) in [4.78, 5) is 23.3. The molecule has 4 heterocycles. The largest absolute Gasteiger partial charge is 0.355 e. The van der Waals surface area contributed by atoms with E-state index in [4.69, 9.17) is 15.0 Å². The maximum absolute atomic E-state index is 4.79. The molecule has 3 aromatic heterocycles. The number of thiazole rings is 1. The second kappa shape index (κ2) is 6.45. The van der Waals surface area contributed by atoms with Crippen LogP contribution in [0.4, 0.5) is 11.8 Å². The Hall–Kier alpha value is -2.74. The number of para-hydroxylation sites is 1. The zero-order chi connectivity index (χ0) is 18.4. The first kappa shape index (κ1) is 16.4. The monoisotopic (exact) mass is 379 g/mol. The SMILES string of the molecule is CN(C)c1nc(N2CCCC2)c2ncn(Cc3nc4ccccc4s3)c2n1. The molecule has 0 atom stereocenters. The van der Waals surface area contributed by atoms with Crippen molar-refractivity contribution in [3.8, 4) is 0 Å². The van der Waals surface area contributed by atoms with Gasteiger partial charge in [-0.3, -0.25) is 0 Å². The highest BCUT2D eigenvalue weighted by atomic mass is 32.1. The number of anilines is 2. The molecule has 5 rings (SSSR count). The molecule has 138 valence electrons. The van der Waals surface area contributed by atoms with Gasteiger partial charge in [-0.1, -0.05) is 12.1 Å². The van der Waals surface area contributed by atoms with E-state index in [9.17, 15) is 0 Å². The third-order valence-electron chi connectivity index (χ3n) is 4.88. The molecule has 1 aliphatic heterocycles. The highest BCUT2D eigenvalue weighted by molar-refractivity contribution is 7.18. The lowest BCUT2D eigenvalue weighted by atomic mass is 10.3. The fourth-order valence-electron chi connectivity index (χ4n) is 3.52. The molecule has 0 aliphatic carbocycles. The fraction of sp³-hybridized carbons (Fsp3) is 0.368. The van der Waals surface area contributed by atoms with Crippen LogP contribution in [0.25, 0.3) is 21.4 Å². The minimum absolute atomic E-state index is 0.666. The number of hydrogen-bond acceptors (Lipinski definition) is 7. The first-order valence-electron chi connectivity index (χ1n) is 9.18. The van der Waals surface area contributed by atoms with E-state index in [1.807, 2.05) is 31.4 Å². The van der Waals surface area contributed by atoms with Crippen LogP contribution < -0.4 is 9.80 Å². The summed E-state index contributed by atoms with van der Waals surface area (Å²) in [6.07, 6.45) is 4.27. The summed E-state index contributed by atoms with van der Waals surface area (Å²) < 4.78 is 3.29. The Morgan fingerprint density at radius 3 is 2.67 bits per heavy atom. The minimum atomic E-state index is 0.666. The van der Waals surface area contributed by atoms with Crippen LogP contribution in [0.2, 0.25) is 0 Å². The standard InChI is InChI=1S/C19H21N7S/c1-24(2)19-22-17(25-9-5-6-10-25)16-18(23-19)26(12-20-16)11-15-21-13-7-3-4-8-14(13)27-15/h3-4,7-8,12H,5-6,9-11H2,1-2H3. The van der Waals surface area contributed by atoms with Crippen LogP contribution in [-0.4, -0.2) is 51.7 Å². The van der Waals surface area contributed by atoms with Crippen LogP contribution >= 0.6 is 11.3 Å². The second-order valence-electron chi connectivity index (χ2n) is 7.06. The number of benzene rings is 1. The minimum Gasteiger partial charge on any atom is -0.355 e. The molecule has 0 bridgehead atoms. The summed E-state index contributed by atoms with van der Waals surface area (Å²) in [6, 6.07) is 8.24. The molecular weight excluding hydrogens is 358 g/mol. The maximum Gasteiger partial charge on any atom is 0.228 e. The van der Waals surface area contributed by atoms with Crippen LogP contribution in [0.15, 0.2) is 30.6 Å². The van der Waals surface area contributed by atoms with Crippen LogP contribution in [0.3, 0.4) is 0 Å². The van der Waals surface area contributed by atoms with E-state index < -0.39 is 0 Å². The topological polar surface area (TPSA) is 63.0 Å². The van der Waals surface area contributed by atoms with Crippen molar-refractivity contribution in [1.29, 1.82) is 0 Å². The van der Waals surface area contributed by atoms with Crippen LogP contribution in [0.5, 0.6) is 0 Å².